The minimum absolute atomic E-state index is 0.0428. The molecule has 0 atom stereocenters. The van der Waals surface area contributed by atoms with Crippen molar-refractivity contribution >= 4 is 37.4 Å². The molecule has 0 aliphatic heterocycles. The van der Waals surface area contributed by atoms with Crippen molar-refractivity contribution in [3.8, 4) is 0 Å². The Bertz CT molecular complexity index is 1090. The van der Waals surface area contributed by atoms with Gasteiger partial charge < -0.3 is 5.32 Å². The highest BCUT2D eigenvalue weighted by Crippen LogP contribution is 2.32. The summed E-state index contributed by atoms with van der Waals surface area (Å²) in [5, 5.41) is 8.91. The third kappa shape index (κ3) is 3.67. The number of aromatic nitrogens is 2. The van der Waals surface area contributed by atoms with Crippen LogP contribution in [0.2, 0.25) is 0 Å². The number of nitrogens with zero attached hydrogens (tertiary/aromatic N) is 2. The van der Waals surface area contributed by atoms with Gasteiger partial charge in [0.2, 0.25) is 5.91 Å². The number of carbonyl (C=O) groups is 1. The molecule has 140 valence electrons. The smallest absolute Gasteiger partial charge is 0.276 e. The third-order valence-corrected chi connectivity index (χ3v) is 6.37. The summed E-state index contributed by atoms with van der Waals surface area (Å²) in [6, 6.07) is 7.86. The maximum atomic E-state index is 12.9. The topological polar surface area (TPSA) is 64.0 Å². The van der Waals surface area contributed by atoms with E-state index in [-0.39, 0.29) is 18.0 Å². The summed E-state index contributed by atoms with van der Waals surface area (Å²) < 4.78 is 3.27. The molecular weight excluding hydrogens is 358 g/mol. The van der Waals surface area contributed by atoms with E-state index >= 15 is 0 Å². The fraction of sp³-hybridized carbons (Fsp3) is 0.381. The lowest BCUT2D eigenvalue weighted by Crippen LogP contribution is -2.34. The van der Waals surface area contributed by atoms with E-state index in [1.165, 1.54) is 23.1 Å². The van der Waals surface area contributed by atoms with Crippen LogP contribution in [0, 0.1) is 6.92 Å². The summed E-state index contributed by atoms with van der Waals surface area (Å²) in [4.78, 5) is 25.3. The standard InChI is InChI=1S/C21H23N3O2S/c1-14-20-19(16-9-5-6-10-17(16)27-20)21(26)24(23-14)13-18(25)22-12-11-15-7-3-2-4-8-15/h5-7,9-10H,2-4,8,11-13H2,1H3,(H,22,25). The van der Waals surface area contributed by atoms with Crippen LogP contribution in [0.15, 0.2) is 40.7 Å². The average molecular weight is 382 g/mol. The van der Waals surface area contributed by atoms with E-state index in [2.05, 4.69) is 16.5 Å². The average Bonchev–Trinajstić information content (AvgIpc) is 3.07. The minimum Gasteiger partial charge on any atom is -0.354 e. The summed E-state index contributed by atoms with van der Waals surface area (Å²) in [7, 11) is 0. The molecule has 27 heavy (non-hydrogen) atoms. The second-order valence-electron chi connectivity index (χ2n) is 7.06. The van der Waals surface area contributed by atoms with E-state index in [0.29, 0.717) is 11.9 Å². The molecule has 1 aliphatic carbocycles. The van der Waals surface area contributed by atoms with Crippen LogP contribution in [-0.2, 0) is 11.3 Å². The molecule has 5 nitrogen and oxygen atoms in total. The zero-order valence-corrected chi connectivity index (χ0v) is 16.3. The molecule has 1 aromatic carbocycles. The first-order valence-electron chi connectivity index (χ1n) is 9.47. The second kappa shape index (κ2) is 7.64. The van der Waals surface area contributed by atoms with Crippen molar-refractivity contribution in [1.29, 1.82) is 0 Å². The predicted octanol–water partition coefficient (Wildman–Crippen LogP) is 3.93. The Balaban J connectivity index is 1.52. The summed E-state index contributed by atoms with van der Waals surface area (Å²) in [6.07, 6.45) is 7.98. The van der Waals surface area contributed by atoms with Crippen LogP contribution >= 0.6 is 11.3 Å². The van der Waals surface area contributed by atoms with Crippen molar-refractivity contribution in [3.63, 3.8) is 0 Å². The van der Waals surface area contributed by atoms with Gasteiger partial charge in [-0.1, -0.05) is 29.8 Å². The Morgan fingerprint density at radius 3 is 2.96 bits per heavy atom. The first kappa shape index (κ1) is 17.9. The van der Waals surface area contributed by atoms with E-state index < -0.39 is 0 Å². The number of nitrogens with one attached hydrogen (secondary N) is 1. The Morgan fingerprint density at radius 2 is 2.15 bits per heavy atom. The highest BCUT2D eigenvalue weighted by atomic mass is 32.1. The van der Waals surface area contributed by atoms with E-state index in [9.17, 15) is 9.59 Å². The molecule has 0 spiro atoms. The molecule has 0 saturated carbocycles. The molecule has 0 radical (unpaired) electrons. The number of hydrogen-bond donors (Lipinski definition) is 1. The van der Waals surface area contributed by atoms with Gasteiger partial charge >= 0.3 is 0 Å². The van der Waals surface area contributed by atoms with Crippen LogP contribution in [0.5, 0.6) is 0 Å². The fourth-order valence-electron chi connectivity index (χ4n) is 3.71. The number of amides is 1. The van der Waals surface area contributed by atoms with Gasteiger partial charge in [0.25, 0.3) is 5.56 Å². The number of carbonyl (C=O) groups excluding carboxylic acids is 1. The van der Waals surface area contributed by atoms with Crippen LogP contribution in [-0.4, -0.2) is 22.2 Å². The molecule has 6 heteroatoms. The number of allylic oxidation sites excluding steroid dienone is 1. The van der Waals surface area contributed by atoms with Crippen LogP contribution < -0.4 is 10.9 Å². The van der Waals surface area contributed by atoms with Crippen LogP contribution in [0.4, 0.5) is 0 Å². The normalized spacial score (nSPS) is 14.5. The van der Waals surface area contributed by atoms with Crippen molar-refractivity contribution in [3.05, 3.63) is 52.0 Å². The lowest BCUT2D eigenvalue weighted by atomic mass is 9.97. The van der Waals surface area contributed by atoms with Gasteiger partial charge in [-0.25, -0.2) is 4.68 Å². The van der Waals surface area contributed by atoms with Gasteiger partial charge in [-0.15, -0.1) is 11.3 Å². The summed E-state index contributed by atoms with van der Waals surface area (Å²) in [5.74, 6) is -0.167. The Hall–Kier alpha value is -2.47. The molecule has 1 aliphatic rings. The SMILES string of the molecule is Cc1nn(CC(=O)NCCC2=CCCCC2)c(=O)c2c1sc1ccccc12. The lowest BCUT2D eigenvalue weighted by molar-refractivity contribution is -0.121. The molecule has 4 rings (SSSR count). The van der Waals surface area contributed by atoms with Crippen molar-refractivity contribution in [2.24, 2.45) is 0 Å². The van der Waals surface area contributed by atoms with Crippen molar-refractivity contribution in [2.75, 3.05) is 6.54 Å². The molecule has 3 aromatic rings. The first-order chi connectivity index (χ1) is 13.1. The molecule has 0 bridgehead atoms. The number of aryl methyl sites for hydroxylation is 1. The molecular formula is C21H23N3O2S. The monoisotopic (exact) mass is 381 g/mol. The highest BCUT2D eigenvalue weighted by molar-refractivity contribution is 7.26. The minimum atomic E-state index is -0.196. The zero-order chi connectivity index (χ0) is 18.8. The molecule has 1 amide bonds. The maximum Gasteiger partial charge on any atom is 0.276 e. The number of benzene rings is 1. The molecule has 0 saturated heterocycles. The van der Waals surface area contributed by atoms with Crippen molar-refractivity contribution in [1.82, 2.24) is 15.1 Å². The predicted molar refractivity (Wildman–Crippen MR) is 110 cm³/mol. The second-order valence-corrected chi connectivity index (χ2v) is 8.11. The van der Waals surface area contributed by atoms with Crippen molar-refractivity contribution in [2.45, 2.75) is 45.6 Å². The summed E-state index contributed by atoms with van der Waals surface area (Å²) in [5.41, 5.74) is 2.02. The summed E-state index contributed by atoms with van der Waals surface area (Å²) in [6.45, 7) is 2.46. The zero-order valence-electron chi connectivity index (χ0n) is 15.5. The van der Waals surface area contributed by atoms with E-state index in [4.69, 9.17) is 0 Å². The van der Waals surface area contributed by atoms with Gasteiger partial charge in [-0.2, -0.15) is 5.10 Å². The number of thiophene rings is 1. The maximum absolute atomic E-state index is 12.9. The number of hydrogen-bond acceptors (Lipinski definition) is 4. The Labute approximate surface area is 161 Å². The van der Waals surface area contributed by atoms with Gasteiger partial charge in [-0.3, -0.25) is 9.59 Å². The van der Waals surface area contributed by atoms with E-state index in [1.807, 2.05) is 31.2 Å². The van der Waals surface area contributed by atoms with E-state index in [1.54, 1.807) is 11.3 Å². The Kier molecular flexibility index (Phi) is 5.07. The number of fused-ring (bicyclic) bond motifs is 3. The molecule has 0 fully saturated rings. The lowest BCUT2D eigenvalue weighted by Gasteiger charge is -2.13. The van der Waals surface area contributed by atoms with Crippen LogP contribution in [0.25, 0.3) is 20.2 Å². The highest BCUT2D eigenvalue weighted by Gasteiger charge is 2.16. The van der Waals surface area contributed by atoms with Gasteiger partial charge in [0.15, 0.2) is 0 Å². The summed E-state index contributed by atoms with van der Waals surface area (Å²) >= 11 is 1.58. The Morgan fingerprint density at radius 1 is 1.30 bits per heavy atom. The van der Waals surface area contributed by atoms with Crippen LogP contribution in [0.3, 0.4) is 0 Å². The van der Waals surface area contributed by atoms with Gasteiger partial charge in [-0.05, 0) is 45.1 Å². The first-order valence-corrected chi connectivity index (χ1v) is 10.3. The van der Waals surface area contributed by atoms with Crippen LogP contribution in [0.1, 0.15) is 37.8 Å². The van der Waals surface area contributed by atoms with Gasteiger partial charge in [0, 0.05) is 16.6 Å². The quantitative estimate of drug-likeness (QED) is 0.681. The van der Waals surface area contributed by atoms with Gasteiger partial charge in [0.05, 0.1) is 15.8 Å². The largest absolute Gasteiger partial charge is 0.354 e. The fourth-order valence-corrected chi connectivity index (χ4v) is 4.84. The molecule has 1 N–H and O–H groups in total. The molecule has 0 unspecified atom stereocenters. The molecule has 2 aromatic heterocycles. The number of rotatable bonds is 5. The van der Waals surface area contributed by atoms with Crippen molar-refractivity contribution < 1.29 is 4.79 Å². The molecule has 2 heterocycles. The van der Waals surface area contributed by atoms with Gasteiger partial charge in [0.1, 0.15) is 6.54 Å². The third-order valence-electron chi connectivity index (χ3n) is 5.09. The van der Waals surface area contributed by atoms with E-state index in [0.717, 1.165) is 39.7 Å².